The third-order valence-electron chi connectivity index (χ3n) is 5.16. The summed E-state index contributed by atoms with van der Waals surface area (Å²) in [6, 6.07) is 2.30. The zero-order valence-electron chi connectivity index (χ0n) is 15.2. The number of rotatable bonds is 4. The van der Waals surface area contributed by atoms with Gasteiger partial charge in [-0.15, -0.1) is 10.2 Å². The summed E-state index contributed by atoms with van der Waals surface area (Å²) >= 11 is 0. The number of anilines is 2. The second-order valence-electron chi connectivity index (χ2n) is 6.67. The smallest absolute Gasteiger partial charge is 0.203 e. The van der Waals surface area contributed by atoms with Gasteiger partial charge in [0.1, 0.15) is 18.0 Å². The van der Waals surface area contributed by atoms with Crippen LogP contribution in [0, 0.1) is 0 Å². The summed E-state index contributed by atoms with van der Waals surface area (Å²) in [4.78, 5) is 21.9. The number of aryl methyl sites for hydroxylation is 1. The van der Waals surface area contributed by atoms with Crippen LogP contribution in [0.25, 0.3) is 16.6 Å². The summed E-state index contributed by atoms with van der Waals surface area (Å²) in [5.41, 5.74) is 1.67. The molecule has 4 aromatic heterocycles. The minimum Gasteiger partial charge on any atom is -0.353 e. The van der Waals surface area contributed by atoms with E-state index in [0.717, 1.165) is 53.5 Å². The fraction of sp³-hybridized carbons (Fsp3) is 0.333. The van der Waals surface area contributed by atoms with Crippen molar-refractivity contribution in [2.45, 2.75) is 19.4 Å². The molecular weight excluding hydrogens is 342 g/mol. The summed E-state index contributed by atoms with van der Waals surface area (Å²) in [7, 11) is 2.07. The van der Waals surface area contributed by atoms with Crippen LogP contribution in [0.5, 0.6) is 0 Å². The maximum atomic E-state index is 4.54. The third kappa shape index (κ3) is 2.46. The molecule has 5 rings (SSSR count). The van der Waals surface area contributed by atoms with Crippen LogP contribution in [0.3, 0.4) is 0 Å². The van der Waals surface area contributed by atoms with Crippen LogP contribution in [0.2, 0.25) is 0 Å². The first-order chi connectivity index (χ1) is 13.3. The van der Waals surface area contributed by atoms with Crippen molar-refractivity contribution < 1.29 is 0 Å². The predicted octanol–water partition coefficient (Wildman–Crippen LogP) is 1.35. The van der Waals surface area contributed by atoms with Crippen LogP contribution in [0.4, 0.5) is 11.6 Å². The molecule has 0 bridgehead atoms. The Hall–Kier alpha value is -3.36. The van der Waals surface area contributed by atoms with E-state index in [1.54, 1.807) is 18.7 Å². The number of likely N-dealkylation sites (N-methyl/N-ethyl adjacent to an activating group) is 1. The number of aromatic nitrogens is 7. The van der Waals surface area contributed by atoms with Crippen molar-refractivity contribution in [2.75, 3.05) is 29.9 Å². The van der Waals surface area contributed by atoms with Gasteiger partial charge in [-0.1, -0.05) is 6.92 Å². The molecule has 5 heterocycles. The first-order valence-electron chi connectivity index (χ1n) is 8.97. The number of nitrogens with zero attached hydrogens (tertiary/aromatic N) is 9. The van der Waals surface area contributed by atoms with Crippen molar-refractivity contribution in [3.63, 3.8) is 0 Å². The molecule has 0 spiro atoms. The predicted molar refractivity (Wildman–Crippen MR) is 102 cm³/mol. The van der Waals surface area contributed by atoms with Gasteiger partial charge >= 0.3 is 0 Å². The summed E-state index contributed by atoms with van der Waals surface area (Å²) < 4.78 is 2.02. The fourth-order valence-electron chi connectivity index (χ4n) is 3.55. The average molecular weight is 361 g/mol. The lowest BCUT2D eigenvalue weighted by Crippen LogP contribution is -2.59. The van der Waals surface area contributed by atoms with E-state index >= 15 is 0 Å². The standard InChI is InChI=1S/C18H19N9/c1-3-15-23-24-18-17(20-6-7-27(15)18)26-9-12(10-26)25(2)16-13-4-5-19-8-14(13)21-11-22-16/h4-8,11-12H,3,9-10H2,1-2H3. The van der Waals surface area contributed by atoms with Gasteiger partial charge in [-0.2, -0.15) is 0 Å². The van der Waals surface area contributed by atoms with Crippen LogP contribution < -0.4 is 9.80 Å². The van der Waals surface area contributed by atoms with Crippen LogP contribution in [-0.4, -0.2) is 60.7 Å². The van der Waals surface area contributed by atoms with Crippen LogP contribution in [0.1, 0.15) is 12.7 Å². The average Bonchev–Trinajstić information content (AvgIpc) is 3.10. The molecule has 0 aliphatic carbocycles. The van der Waals surface area contributed by atoms with Crippen LogP contribution in [-0.2, 0) is 6.42 Å². The van der Waals surface area contributed by atoms with Gasteiger partial charge in [-0.3, -0.25) is 9.38 Å². The lowest BCUT2D eigenvalue weighted by molar-refractivity contribution is 0.491. The van der Waals surface area contributed by atoms with Gasteiger partial charge in [-0.25, -0.2) is 15.0 Å². The molecule has 136 valence electrons. The largest absolute Gasteiger partial charge is 0.353 e. The van der Waals surface area contributed by atoms with Gasteiger partial charge in [0.2, 0.25) is 5.65 Å². The molecule has 0 amide bonds. The highest BCUT2D eigenvalue weighted by molar-refractivity contribution is 5.88. The van der Waals surface area contributed by atoms with E-state index in [1.165, 1.54) is 0 Å². The van der Waals surface area contributed by atoms with Gasteiger partial charge in [0.05, 0.1) is 17.8 Å². The Morgan fingerprint density at radius 3 is 2.89 bits per heavy atom. The molecule has 0 radical (unpaired) electrons. The van der Waals surface area contributed by atoms with Crippen molar-refractivity contribution >= 4 is 28.2 Å². The van der Waals surface area contributed by atoms with E-state index in [9.17, 15) is 0 Å². The van der Waals surface area contributed by atoms with Crippen molar-refractivity contribution in [3.8, 4) is 0 Å². The van der Waals surface area contributed by atoms with Crippen molar-refractivity contribution in [1.82, 2.24) is 34.5 Å². The zero-order chi connectivity index (χ0) is 18.4. The highest BCUT2D eigenvalue weighted by atomic mass is 15.4. The first kappa shape index (κ1) is 15.9. The molecule has 0 atom stereocenters. The Bertz CT molecular complexity index is 1110. The molecule has 0 unspecified atom stereocenters. The van der Waals surface area contributed by atoms with Gasteiger partial charge in [-0.05, 0) is 6.07 Å². The van der Waals surface area contributed by atoms with Crippen molar-refractivity contribution in [2.24, 2.45) is 0 Å². The van der Waals surface area contributed by atoms with Gasteiger partial charge in [0, 0.05) is 50.5 Å². The highest BCUT2D eigenvalue weighted by Gasteiger charge is 2.34. The van der Waals surface area contributed by atoms with E-state index in [1.807, 2.05) is 22.9 Å². The highest BCUT2D eigenvalue weighted by Crippen LogP contribution is 2.29. The summed E-state index contributed by atoms with van der Waals surface area (Å²) in [6.07, 6.45) is 9.71. The minimum atomic E-state index is 0.340. The van der Waals surface area contributed by atoms with Crippen LogP contribution >= 0.6 is 0 Å². The molecule has 27 heavy (non-hydrogen) atoms. The first-order valence-corrected chi connectivity index (χ1v) is 8.97. The zero-order valence-corrected chi connectivity index (χ0v) is 15.2. The van der Waals surface area contributed by atoms with E-state index in [-0.39, 0.29) is 0 Å². The second-order valence-corrected chi connectivity index (χ2v) is 6.67. The van der Waals surface area contributed by atoms with Crippen molar-refractivity contribution in [3.05, 3.63) is 43.0 Å². The number of fused-ring (bicyclic) bond motifs is 2. The van der Waals surface area contributed by atoms with E-state index < -0.39 is 0 Å². The molecule has 1 aliphatic heterocycles. The summed E-state index contributed by atoms with van der Waals surface area (Å²) in [5, 5.41) is 9.61. The molecule has 4 aromatic rings. The number of hydrogen-bond donors (Lipinski definition) is 0. The Morgan fingerprint density at radius 1 is 1.15 bits per heavy atom. The topological polar surface area (TPSA) is 88.2 Å². The third-order valence-corrected chi connectivity index (χ3v) is 5.16. The summed E-state index contributed by atoms with van der Waals surface area (Å²) in [5.74, 6) is 2.75. The Morgan fingerprint density at radius 2 is 2.04 bits per heavy atom. The molecule has 0 N–H and O–H groups in total. The molecule has 1 aliphatic rings. The van der Waals surface area contributed by atoms with Crippen LogP contribution in [0.15, 0.2) is 37.2 Å². The summed E-state index contributed by atoms with van der Waals surface area (Å²) in [6.45, 7) is 3.79. The molecule has 0 aromatic carbocycles. The lowest BCUT2D eigenvalue weighted by Gasteiger charge is -2.45. The SMILES string of the molecule is CCc1nnc2c(N3CC(N(C)c4ncnc5cnccc45)C3)nccn12. The van der Waals surface area contributed by atoms with Gasteiger partial charge in [0.15, 0.2) is 5.82 Å². The molecule has 9 nitrogen and oxygen atoms in total. The molecule has 1 fully saturated rings. The Labute approximate surface area is 155 Å². The van der Waals surface area contributed by atoms with E-state index in [2.05, 4.69) is 53.9 Å². The maximum Gasteiger partial charge on any atom is 0.203 e. The second kappa shape index (κ2) is 6.11. The maximum absolute atomic E-state index is 4.54. The number of pyridine rings is 1. The minimum absolute atomic E-state index is 0.340. The number of hydrogen-bond acceptors (Lipinski definition) is 8. The monoisotopic (exact) mass is 361 g/mol. The Kier molecular flexibility index (Phi) is 3.59. The fourth-order valence-corrected chi connectivity index (χ4v) is 3.55. The van der Waals surface area contributed by atoms with Gasteiger partial charge < -0.3 is 9.80 Å². The van der Waals surface area contributed by atoms with Gasteiger partial charge in [0.25, 0.3) is 0 Å². The quantitative estimate of drug-likeness (QED) is 0.538. The molecule has 0 saturated carbocycles. The Balaban J connectivity index is 1.40. The lowest BCUT2D eigenvalue weighted by atomic mass is 10.1. The van der Waals surface area contributed by atoms with Crippen molar-refractivity contribution in [1.29, 1.82) is 0 Å². The van der Waals surface area contributed by atoms with E-state index in [4.69, 9.17) is 0 Å². The molecule has 9 heteroatoms. The van der Waals surface area contributed by atoms with E-state index in [0.29, 0.717) is 6.04 Å². The molecule has 1 saturated heterocycles. The molecular formula is C18H19N9. The normalized spacial score (nSPS) is 14.7.